The topological polar surface area (TPSA) is 64.0 Å². The van der Waals surface area contributed by atoms with Crippen LogP contribution >= 0.6 is 0 Å². The van der Waals surface area contributed by atoms with E-state index in [0.29, 0.717) is 13.0 Å². The van der Waals surface area contributed by atoms with Crippen LogP contribution in [0.5, 0.6) is 0 Å². The molecule has 2 rings (SSSR count). The second-order valence-electron chi connectivity index (χ2n) is 3.92. The number of hydrogen-bond acceptors (Lipinski definition) is 3. The van der Waals surface area contributed by atoms with Crippen molar-refractivity contribution in [2.24, 2.45) is 7.05 Å². The predicted octanol–water partition coefficient (Wildman–Crippen LogP) is 0.941. The molecule has 0 aliphatic carbocycles. The van der Waals surface area contributed by atoms with Crippen LogP contribution in [0.25, 0.3) is 0 Å². The summed E-state index contributed by atoms with van der Waals surface area (Å²) < 4.78 is 28.2. The molecule has 0 aliphatic heterocycles. The number of rotatable bonds is 5. The summed E-state index contributed by atoms with van der Waals surface area (Å²) in [5, 5.41) is 0. The molecule has 0 radical (unpaired) electrons. The van der Waals surface area contributed by atoms with E-state index in [1.54, 1.807) is 36.5 Å². The second-order valence-corrected chi connectivity index (χ2v) is 5.68. The standard InChI is InChI=1S/C12H15N3O2S/c1-15-10-9-13-12(15)7-8-14-18(16,17)11-5-3-2-4-6-11/h2-6,9-10,14H,7-8H2,1H3. The summed E-state index contributed by atoms with van der Waals surface area (Å²) in [6.07, 6.45) is 4.09. The normalized spacial score (nSPS) is 11.6. The van der Waals surface area contributed by atoms with E-state index in [1.165, 1.54) is 0 Å². The molecule has 0 spiro atoms. The van der Waals surface area contributed by atoms with Gasteiger partial charge in [-0.15, -0.1) is 0 Å². The molecule has 18 heavy (non-hydrogen) atoms. The van der Waals surface area contributed by atoms with Gasteiger partial charge < -0.3 is 4.57 Å². The number of nitrogens with one attached hydrogen (secondary N) is 1. The van der Waals surface area contributed by atoms with Crippen LogP contribution < -0.4 is 4.72 Å². The van der Waals surface area contributed by atoms with Gasteiger partial charge in [0.25, 0.3) is 0 Å². The van der Waals surface area contributed by atoms with Crippen LogP contribution in [0.2, 0.25) is 0 Å². The number of hydrogen-bond donors (Lipinski definition) is 1. The first kappa shape index (κ1) is 12.8. The summed E-state index contributed by atoms with van der Waals surface area (Å²) in [4.78, 5) is 4.42. The fourth-order valence-corrected chi connectivity index (χ4v) is 2.67. The van der Waals surface area contributed by atoms with Crippen molar-refractivity contribution >= 4 is 10.0 Å². The highest BCUT2D eigenvalue weighted by Gasteiger charge is 2.12. The van der Waals surface area contributed by atoms with E-state index in [9.17, 15) is 8.42 Å². The molecule has 6 heteroatoms. The lowest BCUT2D eigenvalue weighted by Crippen LogP contribution is -2.26. The van der Waals surface area contributed by atoms with Crippen LogP contribution in [-0.2, 0) is 23.5 Å². The smallest absolute Gasteiger partial charge is 0.240 e. The van der Waals surface area contributed by atoms with Crippen molar-refractivity contribution in [2.45, 2.75) is 11.3 Å². The Morgan fingerprint density at radius 2 is 2.00 bits per heavy atom. The van der Waals surface area contributed by atoms with Gasteiger partial charge in [0.15, 0.2) is 0 Å². The summed E-state index contributed by atoms with van der Waals surface area (Å²) in [7, 11) is -1.53. The molecule has 2 aromatic rings. The first-order chi connectivity index (χ1) is 8.59. The van der Waals surface area contributed by atoms with Gasteiger partial charge in [0.05, 0.1) is 4.90 Å². The van der Waals surface area contributed by atoms with Crippen LogP contribution in [0.3, 0.4) is 0 Å². The maximum absolute atomic E-state index is 11.9. The Morgan fingerprint density at radius 1 is 1.28 bits per heavy atom. The van der Waals surface area contributed by atoms with Crippen molar-refractivity contribution in [2.75, 3.05) is 6.54 Å². The molecule has 1 N–H and O–H groups in total. The Labute approximate surface area is 107 Å². The van der Waals surface area contributed by atoms with Crippen LogP contribution in [-0.4, -0.2) is 24.5 Å². The van der Waals surface area contributed by atoms with E-state index < -0.39 is 10.0 Å². The molecule has 0 fully saturated rings. The van der Waals surface area contributed by atoms with E-state index in [2.05, 4.69) is 9.71 Å². The second kappa shape index (κ2) is 5.32. The van der Waals surface area contributed by atoms with Gasteiger partial charge in [-0.2, -0.15) is 0 Å². The zero-order chi connectivity index (χ0) is 13.0. The maximum atomic E-state index is 11.9. The molecule has 0 saturated heterocycles. The third-order valence-electron chi connectivity index (χ3n) is 2.62. The van der Waals surface area contributed by atoms with Gasteiger partial charge in [0.2, 0.25) is 10.0 Å². The molecule has 0 atom stereocenters. The number of imidazole rings is 1. The van der Waals surface area contributed by atoms with Crippen molar-refractivity contribution < 1.29 is 8.42 Å². The molecule has 1 heterocycles. The van der Waals surface area contributed by atoms with Gasteiger partial charge in [0, 0.05) is 32.4 Å². The highest BCUT2D eigenvalue weighted by atomic mass is 32.2. The lowest BCUT2D eigenvalue weighted by molar-refractivity contribution is 0.580. The SMILES string of the molecule is Cn1ccnc1CCNS(=O)(=O)c1ccccc1. The van der Waals surface area contributed by atoms with E-state index >= 15 is 0 Å². The summed E-state index contributed by atoms with van der Waals surface area (Å²) in [6.45, 7) is 0.335. The third-order valence-corrected chi connectivity index (χ3v) is 4.09. The summed E-state index contributed by atoms with van der Waals surface area (Å²) in [5.74, 6) is 0.853. The molecule has 0 amide bonds. The van der Waals surface area contributed by atoms with Crippen molar-refractivity contribution in [3.05, 3.63) is 48.5 Å². The first-order valence-corrected chi connectivity index (χ1v) is 7.09. The average molecular weight is 265 g/mol. The Morgan fingerprint density at radius 3 is 2.61 bits per heavy atom. The Balaban J connectivity index is 1.97. The van der Waals surface area contributed by atoms with Gasteiger partial charge in [0.1, 0.15) is 5.82 Å². The van der Waals surface area contributed by atoms with Gasteiger partial charge in [-0.1, -0.05) is 18.2 Å². The predicted molar refractivity (Wildman–Crippen MR) is 68.5 cm³/mol. The number of aromatic nitrogens is 2. The zero-order valence-corrected chi connectivity index (χ0v) is 10.9. The van der Waals surface area contributed by atoms with Crippen molar-refractivity contribution in [3.63, 3.8) is 0 Å². The molecule has 1 aromatic carbocycles. The molecule has 96 valence electrons. The number of aryl methyl sites for hydroxylation is 1. The van der Waals surface area contributed by atoms with Gasteiger partial charge in [-0.3, -0.25) is 0 Å². The minimum Gasteiger partial charge on any atom is -0.338 e. The highest BCUT2D eigenvalue weighted by Crippen LogP contribution is 2.06. The van der Waals surface area contributed by atoms with E-state index in [-0.39, 0.29) is 4.90 Å². The highest BCUT2D eigenvalue weighted by molar-refractivity contribution is 7.89. The quantitative estimate of drug-likeness (QED) is 0.875. The molecular weight excluding hydrogens is 250 g/mol. The molecule has 1 aromatic heterocycles. The summed E-state index contributed by atoms with van der Waals surface area (Å²) in [5.41, 5.74) is 0. The van der Waals surface area contributed by atoms with E-state index in [1.807, 2.05) is 17.8 Å². The largest absolute Gasteiger partial charge is 0.338 e. The van der Waals surface area contributed by atoms with Crippen molar-refractivity contribution in [1.82, 2.24) is 14.3 Å². The molecule has 0 bridgehead atoms. The van der Waals surface area contributed by atoms with Gasteiger partial charge >= 0.3 is 0 Å². The lowest BCUT2D eigenvalue weighted by atomic mass is 10.4. The summed E-state index contributed by atoms with van der Waals surface area (Å²) in [6, 6.07) is 8.33. The molecule has 0 unspecified atom stereocenters. The van der Waals surface area contributed by atoms with Crippen molar-refractivity contribution in [1.29, 1.82) is 0 Å². The minimum atomic E-state index is -3.41. The minimum absolute atomic E-state index is 0.282. The van der Waals surface area contributed by atoms with Crippen LogP contribution in [0.4, 0.5) is 0 Å². The molecule has 0 aliphatic rings. The third kappa shape index (κ3) is 2.96. The summed E-state index contributed by atoms with van der Waals surface area (Å²) >= 11 is 0. The van der Waals surface area contributed by atoms with Crippen LogP contribution in [0.1, 0.15) is 5.82 Å². The maximum Gasteiger partial charge on any atom is 0.240 e. The van der Waals surface area contributed by atoms with Gasteiger partial charge in [-0.05, 0) is 12.1 Å². The number of benzene rings is 1. The van der Waals surface area contributed by atoms with Gasteiger partial charge in [-0.25, -0.2) is 18.1 Å². The zero-order valence-electron chi connectivity index (χ0n) is 10.1. The van der Waals surface area contributed by atoms with Crippen LogP contribution in [0, 0.1) is 0 Å². The number of sulfonamides is 1. The average Bonchev–Trinajstić information content (AvgIpc) is 2.76. The fourth-order valence-electron chi connectivity index (χ4n) is 1.62. The molecule has 5 nitrogen and oxygen atoms in total. The first-order valence-electron chi connectivity index (χ1n) is 5.60. The molecule has 0 saturated carbocycles. The Bertz CT molecular complexity index is 605. The van der Waals surface area contributed by atoms with E-state index in [4.69, 9.17) is 0 Å². The van der Waals surface area contributed by atoms with Crippen molar-refractivity contribution in [3.8, 4) is 0 Å². The Kier molecular flexibility index (Phi) is 3.78. The Hall–Kier alpha value is -1.66. The fraction of sp³-hybridized carbons (Fsp3) is 0.250. The lowest BCUT2D eigenvalue weighted by Gasteiger charge is -2.06. The monoisotopic (exact) mass is 265 g/mol. The number of nitrogens with zero attached hydrogens (tertiary/aromatic N) is 2. The van der Waals surface area contributed by atoms with E-state index in [0.717, 1.165) is 5.82 Å². The molecular formula is C12H15N3O2S. The van der Waals surface area contributed by atoms with Crippen LogP contribution in [0.15, 0.2) is 47.6 Å².